The molecule has 0 nitrogen and oxygen atoms in total. The maximum Gasteiger partial charge on any atom is 0.0793 e. The molecule has 0 saturated heterocycles. The Labute approximate surface area is 242 Å². The number of hydrogen-bond donors (Lipinski definition) is 0. The molecule has 9 heteroatoms. The summed E-state index contributed by atoms with van der Waals surface area (Å²) in [7, 11) is 0. The Morgan fingerprint density at radius 3 is 1.03 bits per heavy atom. The minimum Gasteiger partial charge on any atom is -0.0882 e. The van der Waals surface area contributed by atoms with Crippen molar-refractivity contribution in [1.29, 1.82) is 0 Å². The molecule has 0 radical (unpaired) electrons. The van der Waals surface area contributed by atoms with Gasteiger partial charge in [-0.15, -0.1) is 0 Å². The van der Waals surface area contributed by atoms with Crippen LogP contribution in [0.25, 0.3) is 0 Å². The molecular formula is C20H18Cl6Ru3. The van der Waals surface area contributed by atoms with Gasteiger partial charge in [0.05, 0.1) is 20.1 Å². The molecule has 0 N–H and O–H groups in total. The van der Waals surface area contributed by atoms with Crippen molar-refractivity contribution < 1.29 is 58.4 Å². The molecule has 2 aromatic rings. The van der Waals surface area contributed by atoms with E-state index < -0.39 is 0 Å². The van der Waals surface area contributed by atoms with Gasteiger partial charge < -0.3 is 0 Å². The van der Waals surface area contributed by atoms with Crippen LogP contribution >= 0.6 is 69.6 Å². The first-order valence-electron chi connectivity index (χ1n) is 7.90. The zero-order valence-electron chi connectivity index (χ0n) is 14.9. The van der Waals surface area contributed by atoms with Crippen LogP contribution in [0.1, 0.15) is 25.7 Å². The quantitative estimate of drug-likeness (QED) is 0.108. The van der Waals surface area contributed by atoms with Crippen molar-refractivity contribution in [3.63, 3.8) is 0 Å². The first-order chi connectivity index (χ1) is 12.4. The van der Waals surface area contributed by atoms with Crippen LogP contribution in [0.5, 0.6) is 0 Å². The Balaban J connectivity index is -0.000000342. The second-order valence-electron chi connectivity index (χ2n) is 5.17. The third-order valence-corrected chi connectivity index (χ3v) is 5.81. The fraction of sp³-hybridized carbons (Fsp3) is 0.200. The summed E-state index contributed by atoms with van der Waals surface area (Å²) >= 11 is 34.2. The SMILES string of the molecule is Cl/C1=C(\Cl)CC/C=C\CC1.Clc1ccc(Cl)c(Cl)c1Cl.[Ru].[Ru].[Ru].c1ccccc1. The molecule has 1 aliphatic rings. The van der Waals surface area contributed by atoms with Gasteiger partial charge in [0.2, 0.25) is 0 Å². The van der Waals surface area contributed by atoms with Crippen LogP contribution < -0.4 is 0 Å². The molecule has 29 heavy (non-hydrogen) atoms. The second-order valence-corrected chi connectivity index (χ2v) is 7.65. The van der Waals surface area contributed by atoms with E-state index in [4.69, 9.17) is 69.6 Å². The fourth-order valence-corrected chi connectivity index (χ4v) is 2.96. The number of hydrogen-bond acceptors (Lipinski definition) is 0. The standard InChI is InChI=1S/C8H10Cl2.C6H2Cl4.C6H6.3Ru/c9-7-5-3-1-2-4-6-8(7)10;7-3-1-2-4(8)6(10)5(3)9;1-2-4-6-5-3-1;;;/h1-2H,3-6H2;1-2H;1-6H;;;/b2-1-,8-7-;;;;;. The van der Waals surface area contributed by atoms with Gasteiger partial charge in [0.1, 0.15) is 0 Å². The summed E-state index contributed by atoms with van der Waals surface area (Å²) in [5, 5.41) is 3.11. The molecule has 0 aliphatic heterocycles. The molecule has 0 saturated carbocycles. The van der Waals surface area contributed by atoms with E-state index in [1.165, 1.54) is 0 Å². The molecule has 0 aromatic heterocycles. The van der Waals surface area contributed by atoms with E-state index in [1.54, 1.807) is 12.1 Å². The van der Waals surface area contributed by atoms with Gasteiger partial charge in [-0.2, -0.15) is 0 Å². The zero-order chi connectivity index (χ0) is 19.4. The first-order valence-corrected chi connectivity index (χ1v) is 10.2. The van der Waals surface area contributed by atoms with E-state index in [0.717, 1.165) is 35.7 Å². The molecule has 1 aliphatic carbocycles. The predicted octanol–water partition coefficient (Wildman–Crippen LogP) is 9.79. The molecule has 0 atom stereocenters. The largest absolute Gasteiger partial charge is 0.0882 e. The average molecular weight is 774 g/mol. The predicted molar refractivity (Wildman–Crippen MR) is 119 cm³/mol. The van der Waals surface area contributed by atoms with Crippen LogP contribution in [0.15, 0.2) is 70.7 Å². The van der Waals surface area contributed by atoms with Gasteiger partial charge in [-0.1, -0.05) is 118 Å². The second kappa shape index (κ2) is 21.4. The number of allylic oxidation sites excluding steroid dienone is 4. The maximum atomic E-state index is 5.86. The van der Waals surface area contributed by atoms with E-state index in [2.05, 4.69) is 12.2 Å². The number of benzene rings is 2. The van der Waals surface area contributed by atoms with E-state index in [1.807, 2.05) is 36.4 Å². The Morgan fingerprint density at radius 1 is 0.483 bits per heavy atom. The average Bonchev–Trinajstić information content (AvgIpc) is 2.66. The minimum absolute atomic E-state index is 0. The summed E-state index contributed by atoms with van der Waals surface area (Å²) < 4.78 is 0. The first kappa shape index (κ1) is 35.1. The van der Waals surface area contributed by atoms with Gasteiger partial charge in [-0.05, 0) is 37.8 Å². The van der Waals surface area contributed by atoms with E-state index in [-0.39, 0.29) is 58.4 Å². The van der Waals surface area contributed by atoms with Crippen molar-refractivity contribution in [2.24, 2.45) is 0 Å². The van der Waals surface area contributed by atoms with Crippen LogP contribution in [0.2, 0.25) is 20.1 Å². The van der Waals surface area contributed by atoms with Gasteiger partial charge in [-0.3, -0.25) is 0 Å². The normalized spacial score (nSPS) is 15.8. The van der Waals surface area contributed by atoms with Crippen molar-refractivity contribution in [1.82, 2.24) is 0 Å². The van der Waals surface area contributed by atoms with E-state index in [0.29, 0.717) is 20.1 Å². The van der Waals surface area contributed by atoms with Crippen LogP contribution in [-0.2, 0) is 58.4 Å². The molecule has 0 fully saturated rings. The van der Waals surface area contributed by atoms with E-state index >= 15 is 0 Å². The summed E-state index contributed by atoms with van der Waals surface area (Å²) in [5.41, 5.74) is 0. The molecule has 0 unspecified atom stereocenters. The van der Waals surface area contributed by atoms with Gasteiger partial charge in [0.15, 0.2) is 0 Å². The zero-order valence-corrected chi connectivity index (χ0v) is 24.7. The Bertz CT molecular complexity index is 665. The molecule has 164 valence electrons. The smallest absolute Gasteiger partial charge is 0.0793 e. The molecule has 2 aromatic carbocycles. The molecule has 3 rings (SSSR count). The molecule has 0 spiro atoms. The molecule has 0 heterocycles. The van der Waals surface area contributed by atoms with E-state index in [9.17, 15) is 0 Å². The van der Waals surface area contributed by atoms with Crippen LogP contribution in [0.3, 0.4) is 0 Å². The van der Waals surface area contributed by atoms with Gasteiger partial charge in [0, 0.05) is 68.5 Å². The van der Waals surface area contributed by atoms with Crippen molar-refractivity contribution in [3.8, 4) is 0 Å². The maximum absolute atomic E-state index is 5.86. The van der Waals surface area contributed by atoms with Crippen LogP contribution in [0, 0.1) is 0 Å². The van der Waals surface area contributed by atoms with Gasteiger partial charge in [-0.25, -0.2) is 0 Å². The summed E-state index contributed by atoms with van der Waals surface area (Å²) in [5.74, 6) is 0. The third kappa shape index (κ3) is 15.9. The summed E-state index contributed by atoms with van der Waals surface area (Å²) in [6.07, 6.45) is 8.16. The van der Waals surface area contributed by atoms with Crippen LogP contribution in [0.4, 0.5) is 0 Å². The number of halogens is 6. The molecule has 0 bridgehead atoms. The van der Waals surface area contributed by atoms with Crippen LogP contribution in [-0.4, -0.2) is 0 Å². The molecular weight excluding hydrogens is 756 g/mol. The van der Waals surface area contributed by atoms with Crippen molar-refractivity contribution in [2.45, 2.75) is 25.7 Å². The number of rotatable bonds is 0. The topological polar surface area (TPSA) is 0 Å². The summed E-state index contributed by atoms with van der Waals surface area (Å²) in [6, 6.07) is 15.2. The van der Waals surface area contributed by atoms with Crippen molar-refractivity contribution in [2.75, 3.05) is 0 Å². The monoisotopic (exact) mass is 774 g/mol. The minimum atomic E-state index is 0. The fourth-order valence-electron chi connectivity index (χ4n) is 1.81. The summed E-state index contributed by atoms with van der Waals surface area (Å²) in [6.45, 7) is 0. The third-order valence-electron chi connectivity index (χ3n) is 3.18. The van der Waals surface area contributed by atoms with Crippen molar-refractivity contribution >= 4 is 69.6 Å². The summed E-state index contributed by atoms with van der Waals surface area (Å²) in [4.78, 5) is 0. The Kier molecular flexibility index (Phi) is 25.9. The Hall–Kier alpha value is 1.53. The molecule has 0 amide bonds. The van der Waals surface area contributed by atoms with Crippen molar-refractivity contribution in [3.05, 3.63) is 90.8 Å². The Morgan fingerprint density at radius 2 is 0.759 bits per heavy atom. The van der Waals surface area contributed by atoms with Gasteiger partial charge in [0.25, 0.3) is 0 Å². The van der Waals surface area contributed by atoms with Gasteiger partial charge >= 0.3 is 0 Å².